The minimum Gasteiger partial charge on any atom is -0.548 e. The average Bonchev–Trinajstić information content (AvgIpc) is 3.00. The van der Waals surface area contributed by atoms with Crippen molar-refractivity contribution in [3.8, 4) is 0 Å². The van der Waals surface area contributed by atoms with Crippen molar-refractivity contribution in [1.29, 1.82) is 0 Å². The van der Waals surface area contributed by atoms with Crippen LogP contribution in [0.1, 0.15) is 24.0 Å². The molecule has 0 saturated carbocycles. The molecular formula is C24H27LiN2O6. The number of hydrogen-bond acceptors (Lipinski definition) is 6. The Balaban J connectivity index is 0.00000385. The van der Waals surface area contributed by atoms with Crippen molar-refractivity contribution < 1.29 is 47.8 Å². The molecule has 0 spiro atoms. The molecule has 8 nitrogen and oxygen atoms in total. The van der Waals surface area contributed by atoms with Gasteiger partial charge in [-0.25, -0.2) is 4.79 Å². The number of rotatable bonds is 9. The molecule has 0 bridgehead atoms. The molecule has 0 radical (unpaired) electrons. The maximum atomic E-state index is 12.6. The van der Waals surface area contributed by atoms with Gasteiger partial charge in [0.15, 0.2) is 0 Å². The summed E-state index contributed by atoms with van der Waals surface area (Å²) in [5.74, 6) is -1.66. The molecule has 2 aromatic rings. The van der Waals surface area contributed by atoms with E-state index in [0.29, 0.717) is 6.61 Å². The van der Waals surface area contributed by atoms with Crippen LogP contribution in [0, 0.1) is 0 Å². The van der Waals surface area contributed by atoms with Crippen LogP contribution in [0.5, 0.6) is 0 Å². The van der Waals surface area contributed by atoms with Crippen LogP contribution in [0.25, 0.3) is 0 Å². The second-order valence-corrected chi connectivity index (χ2v) is 7.53. The van der Waals surface area contributed by atoms with Gasteiger partial charge in [0.25, 0.3) is 0 Å². The smallest absolute Gasteiger partial charge is 0.548 e. The fourth-order valence-corrected chi connectivity index (χ4v) is 3.52. The first-order chi connectivity index (χ1) is 15.5. The summed E-state index contributed by atoms with van der Waals surface area (Å²) in [6.07, 6.45) is -0.395. The maximum absolute atomic E-state index is 12.6. The van der Waals surface area contributed by atoms with Gasteiger partial charge >= 0.3 is 25.0 Å². The molecule has 9 heteroatoms. The van der Waals surface area contributed by atoms with Crippen LogP contribution in [0.2, 0.25) is 0 Å². The Hall–Kier alpha value is -2.79. The second-order valence-electron chi connectivity index (χ2n) is 7.53. The van der Waals surface area contributed by atoms with E-state index in [2.05, 4.69) is 0 Å². The molecule has 2 aromatic carbocycles. The molecule has 1 aliphatic heterocycles. The van der Waals surface area contributed by atoms with Gasteiger partial charge in [0.2, 0.25) is 5.91 Å². The summed E-state index contributed by atoms with van der Waals surface area (Å²) in [6, 6.07) is 17.7. The van der Waals surface area contributed by atoms with E-state index < -0.39 is 18.1 Å². The number of hydrogen-bond donors (Lipinski definition) is 0. The number of carbonyl (C=O) groups is 3. The monoisotopic (exact) mass is 446 g/mol. The first-order valence-electron chi connectivity index (χ1n) is 10.6. The fraction of sp³-hybridized carbons (Fsp3) is 0.375. The van der Waals surface area contributed by atoms with Crippen molar-refractivity contribution >= 4 is 18.0 Å². The number of aliphatic carboxylic acids is 1. The third kappa shape index (κ3) is 8.25. The zero-order valence-corrected chi connectivity index (χ0v) is 18.9. The predicted octanol–water partition coefficient (Wildman–Crippen LogP) is -1.41. The maximum Gasteiger partial charge on any atom is 1.00 e. The number of carboxylic acids is 1. The zero-order valence-electron chi connectivity index (χ0n) is 18.9. The van der Waals surface area contributed by atoms with Crippen LogP contribution < -0.4 is 24.0 Å². The van der Waals surface area contributed by atoms with Gasteiger partial charge in [-0.3, -0.25) is 4.79 Å². The Morgan fingerprint density at radius 3 is 2.12 bits per heavy atom. The van der Waals surface area contributed by atoms with Gasteiger partial charge in [0.05, 0.1) is 18.6 Å². The van der Waals surface area contributed by atoms with Crippen LogP contribution in [-0.2, 0) is 32.3 Å². The summed E-state index contributed by atoms with van der Waals surface area (Å²) < 4.78 is 10.9. The van der Waals surface area contributed by atoms with Crippen molar-refractivity contribution in [2.75, 3.05) is 26.2 Å². The minimum absolute atomic E-state index is 0. The van der Waals surface area contributed by atoms with Gasteiger partial charge in [-0.1, -0.05) is 60.7 Å². The van der Waals surface area contributed by atoms with Crippen LogP contribution in [0.3, 0.4) is 0 Å². The van der Waals surface area contributed by atoms with Gasteiger partial charge in [0.1, 0.15) is 6.61 Å². The number of ether oxygens (including phenoxy) is 2. The van der Waals surface area contributed by atoms with E-state index in [9.17, 15) is 19.5 Å². The Labute approximate surface area is 205 Å². The van der Waals surface area contributed by atoms with Gasteiger partial charge in [-0.15, -0.1) is 0 Å². The van der Waals surface area contributed by atoms with Crippen molar-refractivity contribution in [1.82, 2.24) is 9.80 Å². The summed E-state index contributed by atoms with van der Waals surface area (Å²) in [4.78, 5) is 39.4. The number of carboxylic acid groups (broad SMARTS) is 1. The Morgan fingerprint density at radius 1 is 0.909 bits per heavy atom. The number of carbonyl (C=O) groups excluding carboxylic acids is 3. The van der Waals surface area contributed by atoms with E-state index in [1.54, 1.807) is 0 Å². The fourth-order valence-electron chi connectivity index (χ4n) is 3.52. The number of amides is 2. The summed E-state index contributed by atoms with van der Waals surface area (Å²) in [6.45, 7) is 1.11. The Bertz CT molecular complexity index is 896. The van der Waals surface area contributed by atoms with Crippen molar-refractivity contribution in [2.45, 2.75) is 32.1 Å². The van der Waals surface area contributed by atoms with Crippen LogP contribution in [0.4, 0.5) is 4.79 Å². The van der Waals surface area contributed by atoms with Gasteiger partial charge < -0.3 is 29.2 Å². The van der Waals surface area contributed by atoms with Gasteiger partial charge in [0, 0.05) is 32.7 Å². The molecule has 1 heterocycles. The van der Waals surface area contributed by atoms with Crippen LogP contribution >= 0.6 is 0 Å². The third-order valence-electron chi connectivity index (χ3n) is 5.29. The topological polar surface area (TPSA) is 99.2 Å². The summed E-state index contributed by atoms with van der Waals surface area (Å²) in [7, 11) is 0. The van der Waals surface area contributed by atoms with Crippen molar-refractivity contribution in [2.24, 2.45) is 0 Å². The summed E-state index contributed by atoms with van der Waals surface area (Å²) in [5, 5.41) is 11.7. The zero-order chi connectivity index (χ0) is 22.8. The molecule has 1 atom stereocenters. The molecule has 3 rings (SSSR count). The largest absolute Gasteiger partial charge is 1.00 e. The molecule has 33 heavy (non-hydrogen) atoms. The quantitative estimate of drug-likeness (QED) is 0.347. The van der Waals surface area contributed by atoms with E-state index >= 15 is 0 Å². The van der Waals surface area contributed by atoms with Gasteiger partial charge in [-0.2, -0.15) is 0 Å². The van der Waals surface area contributed by atoms with E-state index in [4.69, 9.17) is 9.47 Å². The molecular weight excluding hydrogens is 419 g/mol. The average molecular weight is 446 g/mol. The number of nitrogens with zero attached hydrogens (tertiary/aromatic N) is 2. The molecule has 1 fully saturated rings. The predicted molar refractivity (Wildman–Crippen MR) is 114 cm³/mol. The second kappa shape index (κ2) is 13.7. The molecule has 1 aliphatic rings. The summed E-state index contributed by atoms with van der Waals surface area (Å²) >= 11 is 0. The molecule has 2 amide bonds. The van der Waals surface area contributed by atoms with E-state index in [0.717, 1.165) is 11.1 Å². The van der Waals surface area contributed by atoms with E-state index in [1.807, 2.05) is 60.7 Å². The van der Waals surface area contributed by atoms with Crippen molar-refractivity contribution in [3.63, 3.8) is 0 Å². The third-order valence-corrected chi connectivity index (χ3v) is 5.29. The molecule has 0 aromatic heterocycles. The summed E-state index contributed by atoms with van der Waals surface area (Å²) in [5.41, 5.74) is 1.84. The normalized spacial score (nSPS) is 14.7. The molecule has 0 unspecified atom stereocenters. The first kappa shape index (κ1) is 26.5. The van der Waals surface area contributed by atoms with Crippen molar-refractivity contribution in [3.05, 3.63) is 71.8 Å². The van der Waals surface area contributed by atoms with E-state index in [-0.39, 0.29) is 70.5 Å². The van der Waals surface area contributed by atoms with Gasteiger partial charge in [-0.05, 0) is 17.5 Å². The van der Waals surface area contributed by atoms with Crippen LogP contribution in [0.15, 0.2) is 60.7 Å². The SMILES string of the molecule is O=C([O-])[C@@H](CCOCc1ccccc1)N1CCN(C(=O)OCc2ccccc2)CCC1=O.[Li+]. The van der Waals surface area contributed by atoms with E-state index in [1.165, 1.54) is 9.80 Å². The molecule has 0 aliphatic carbocycles. The Morgan fingerprint density at radius 2 is 1.52 bits per heavy atom. The van der Waals surface area contributed by atoms with Crippen LogP contribution in [-0.4, -0.2) is 60.1 Å². The minimum atomic E-state index is -1.33. The number of benzene rings is 2. The molecule has 170 valence electrons. The first-order valence-corrected chi connectivity index (χ1v) is 10.6. The Kier molecular flexibility index (Phi) is 11.0. The molecule has 0 N–H and O–H groups in total. The standard InChI is InChI=1S/C24H28N2O6.Li/c27-22-11-13-25(24(30)32-18-20-9-5-2-6-10-20)14-15-26(22)21(23(28)29)12-16-31-17-19-7-3-1-4-8-19;/h1-10,21H,11-18H2,(H,28,29);/q;+1/p-1/t21-;/m1./s1. The molecule has 1 saturated heterocycles.